The number of pyridine rings is 1. The SMILES string of the molecule is CN(C)c1ccc(CNC(=O)N2C3C=C(c4ccc(-c5cc(F)nc(F)c5)c(F)c4)CC2CC3)cc1.O=C(O)C(F)(F)F. The van der Waals surface area contributed by atoms with Gasteiger partial charge >= 0.3 is 18.2 Å². The van der Waals surface area contributed by atoms with Gasteiger partial charge in [0.1, 0.15) is 5.82 Å². The number of rotatable bonds is 5. The molecule has 3 heterocycles. The van der Waals surface area contributed by atoms with Gasteiger partial charge in [-0.05, 0) is 59.7 Å². The lowest BCUT2D eigenvalue weighted by molar-refractivity contribution is -0.192. The van der Waals surface area contributed by atoms with E-state index in [1.165, 1.54) is 12.1 Å². The van der Waals surface area contributed by atoms with Gasteiger partial charge in [0, 0.05) is 50.1 Å². The van der Waals surface area contributed by atoms with Crippen molar-refractivity contribution in [3.63, 3.8) is 0 Å². The minimum Gasteiger partial charge on any atom is -0.475 e. The number of alkyl halides is 3. The summed E-state index contributed by atoms with van der Waals surface area (Å²) in [4.78, 5) is 28.9. The highest BCUT2D eigenvalue weighted by molar-refractivity contribution is 5.79. The molecule has 0 radical (unpaired) electrons. The summed E-state index contributed by atoms with van der Waals surface area (Å²) < 4.78 is 73.6. The van der Waals surface area contributed by atoms with Crippen LogP contribution in [0.5, 0.6) is 0 Å². The Morgan fingerprint density at radius 1 is 0.977 bits per heavy atom. The minimum atomic E-state index is -5.08. The van der Waals surface area contributed by atoms with Crippen LogP contribution in [0.15, 0.2) is 60.7 Å². The second kappa shape index (κ2) is 12.8. The van der Waals surface area contributed by atoms with Gasteiger partial charge < -0.3 is 20.2 Å². The molecular weight excluding hydrogens is 578 g/mol. The number of halogens is 6. The molecule has 0 aliphatic carbocycles. The number of hydrogen-bond donors (Lipinski definition) is 2. The molecule has 0 spiro atoms. The van der Waals surface area contributed by atoms with Crippen molar-refractivity contribution in [1.29, 1.82) is 0 Å². The molecule has 228 valence electrons. The first kappa shape index (κ1) is 31.4. The van der Waals surface area contributed by atoms with Crippen molar-refractivity contribution in [1.82, 2.24) is 15.2 Å². The number of benzene rings is 2. The average Bonchev–Trinajstić information content (AvgIpc) is 3.20. The van der Waals surface area contributed by atoms with Gasteiger partial charge in [0.2, 0.25) is 11.9 Å². The molecule has 1 fully saturated rings. The number of hydrogen-bond acceptors (Lipinski definition) is 4. The maximum Gasteiger partial charge on any atom is 0.490 e. The van der Waals surface area contributed by atoms with Crippen molar-refractivity contribution < 1.29 is 41.0 Å². The number of carbonyl (C=O) groups excluding carboxylic acids is 1. The Morgan fingerprint density at radius 2 is 1.60 bits per heavy atom. The Bertz CT molecular complexity index is 1510. The molecule has 43 heavy (non-hydrogen) atoms. The Balaban J connectivity index is 0.000000541. The van der Waals surface area contributed by atoms with Gasteiger partial charge in [0.15, 0.2) is 0 Å². The summed E-state index contributed by atoms with van der Waals surface area (Å²) in [6.07, 6.45) is -0.686. The number of carboxylic acid groups (broad SMARTS) is 1. The highest BCUT2D eigenvalue weighted by atomic mass is 19.4. The lowest BCUT2D eigenvalue weighted by Gasteiger charge is -2.34. The van der Waals surface area contributed by atoms with Crippen LogP contribution in [0, 0.1) is 17.7 Å². The molecule has 1 saturated heterocycles. The second-order valence-electron chi connectivity index (χ2n) is 10.3. The molecule has 2 aromatic carbocycles. The summed E-state index contributed by atoms with van der Waals surface area (Å²) in [6, 6.07) is 14.6. The van der Waals surface area contributed by atoms with E-state index in [-0.39, 0.29) is 29.2 Å². The summed E-state index contributed by atoms with van der Waals surface area (Å²) >= 11 is 0. The van der Waals surface area contributed by atoms with Crippen LogP contribution in [-0.4, -0.2) is 59.3 Å². The monoisotopic (exact) mass is 606 g/mol. The van der Waals surface area contributed by atoms with Crippen LogP contribution in [0.2, 0.25) is 0 Å². The maximum absolute atomic E-state index is 14.9. The number of fused-ring (bicyclic) bond motifs is 2. The van der Waals surface area contributed by atoms with Gasteiger partial charge in [-0.25, -0.2) is 14.0 Å². The third-order valence-electron chi connectivity index (χ3n) is 7.18. The maximum atomic E-state index is 14.9. The Hall–Kier alpha value is -4.55. The molecule has 1 aromatic heterocycles. The molecule has 2 aliphatic rings. The number of anilines is 1. The van der Waals surface area contributed by atoms with E-state index in [0.29, 0.717) is 18.5 Å². The van der Waals surface area contributed by atoms with Crippen LogP contribution < -0.4 is 10.2 Å². The molecule has 2 unspecified atom stereocenters. The van der Waals surface area contributed by atoms with Gasteiger partial charge in [0.25, 0.3) is 0 Å². The number of aromatic nitrogens is 1. The summed E-state index contributed by atoms with van der Waals surface area (Å²) in [5, 5.41) is 10.2. The highest BCUT2D eigenvalue weighted by Crippen LogP contribution is 2.39. The van der Waals surface area contributed by atoms with E-state index >= 15 is 0 Å². The van der Waals surface area contributed by atoms with Gasteiger partial charge in [0.05, 0.1) is 6.04 Å². The number of nitrogens with one attached hydrogen (secondary N) is 1. The Morgan fingerprint density at radius 3 is 2.14 bits per heavy atom. The lowest BCUT2D eigenvalue weighted by atomic mass is 9.93. The molecule has 5 rings (SSSR count). The number of nitrogens with zero attached hydrogens (tertiary/aromatic N) is 3. The average molecular weight is 607 g/mol. The van der Waals surface area contributed by atoms with Crippen LogP contribution >= 0.6 is 0 Å². The molecular formula is C30H28F6N4O3. The van der Waals surface area contributed by atoms with E-state index in [0.717, 1.165) is 41.8 Å². The molecule has 13 heteroatoms. The quantitative estimate of drug-likeness (QED) is 0.260. The van der Waals surface area contributed by atoms with Gasteiger partial charge in [-0.2, -0.15) is 26.9 Å². The smallest absolute Gasteiger partial charge is 0.475 e. The number of urea groups is 1. The molecule has 2 atom stereocenters. The summed E-state index contributed by atoms with van der Waals surface area (Å²) in [7, 11) is 3.97. The largest absolute Gasteiger partial charge is 0.490 e. The van der Waals surface area contributed by atoms with E-state index in [2.05, 4.69) is 10.3 Å². The van der Waals surface area contributed by atoms with E-state index in [9.17, 15) is 31.1 Å². The van der Waals surface area contributed by atoms with E-state index < -0.39 is 29.9 Å². The predicted molar refractivity (Wildman–Crippen MR) is 147 cm³/mol. The van der Waals surface area contributed by atoms with Crippen molar-refractivity contribution in [3.05, 3.63) is 89.5 Å². The molecule has 0 saturated carbocycles. The normalized spacial score (nSPS) is 17.5. The molecule has 7 nitrogen and oxygen atoms in total. The highest BCUT2D eigenvalue weighted by Gasteiger charge is 2.40. The van der Waals surface area contributed by atoms with Crippen LogP contribution in [0.1, 0.15) is 30.4 Å². The fraction of sp³-hybridized carbons (Fsp3) is 0.300. The van der Waals surface area contributed by atoms with Crippen LogP contribution in [0.25, 0.3) is 16.7 Å². The Kier molecular flexibility index (Phi) is 9.31. The number of carbonyl (C=O) groups is 2. The third kappa shape index (κ3) is 7.65. The zero-order valence-electron chi connectivity index (χ0n) is 23.1. The fourth-order valence-electron chi connectivity index (χ4n) is 5.11. The van der Waals surface area contributed by atoms with Crippen molar-refractivity contribution in [3.8, 4) is 11.1 Å². The molecule has 2 N–H and O–H groups in total. The summed E-state index contributed by atoms with van der Waals surface area (Å²) in [5.74, 6) is -5.31. The van der Waals surface area contributed by atoms with E-state index in [1.807, 2.05) is 54.2 Å². The molecule has 2 bridgehead atoms. The van der Waals surface area contributed by atoms with E-state index in [4.69, 9.17) is 9.90 Å². The molecule has 3 aromatic rings. The number of aliphatic carboxylic acids is 1. The van der Waals surface area contributed by atoms with Crippen molar-refractivity contribution in [2.24, 2.45) is 0 Å². The predicted octanol–water partition coefficient (Wildman–Crippen LogP) is 6.40. The number of carboxylic acids is 1. The fourth-order valence-corrected chi connectivity index (χ4v) is 5.11. The summed E-state index contributed by atoms with van der Waals surface area (Å²) in [5.41, 5.74) is 4.02. The summed E-state index contributed by atoms with van der Waals surface area (Å²) in [6.45, 7) is 0.446. The van der Waals surface area contributed by atoms with Crippen molar-refractivity contribution in [2.75, 3.05) is 19.0 Å². The lowest BCUT2D eigenvalue weighted by Crippen LogP contribution is -2.48. The first-order valence-corrected chi connectivity index (χ1v) is 13.2. The zero-order chi connectivity index (χ0) is 31.5. The Labute approximate surface area is 243 Å². The zero-order valence-corrected chi connectivity index (χ0v) is 23.1. The molecule has 2 amide bonds. The third-order valence-corrected chi connectivity index (χ3v) is 7.18. The van der Waals surface area contributed by atoms with Crippen LogP contribution in [-0.2, 0) is 11.3 Å². The second-order valence-corrected chi connectivity index (χ2v) is 10.3. The van der Waals surface area contributed by atoms with Gasteiger partial charge in [-0.15, -0.1) is 0 Å². The first-order valence-electron chi connectivity index (χ1n) is 13.2. The van der Waals surface area contributed by atoms with Crippen LogP contribution in [0.4, 0.5) is 36.8 Å². The number of amides is 2. The minimum absolute atomic E-state index is 0.0391. The first-order chi connectivity index (χ1) is 20.2. The van der Waals surface area contributed by atoms with Crippen molar-refractivity contribution in [2.45, 2.75) is 44.1 Å². The van der Waals surface area contributed by atoms with Gasteiger partial charge in [-0.1, -0.05) is 30.3 Å². The van der Waals surface area contributed by atoms with E-state index in [1.54, 1.807) is 6.07 Å². The molecule has 2 aliphatic heterocycles. The standard InChI is InChI=1S/C28H27F3N4O.C2HF3O2/c1-34(2)21-6-3-17(4-7-21)16-32-28(36)35-22-8-9-23(35)12-19(11-22)18-5-10-24(25(29)13-18)20-14-26(30)33-27(31)15-20;3-2(4,5)1(6)7/h3-7,10-11,13-15,22-23H,8-9,12,16H2,1-2H3,(H,32,36);(H,6,7). The van der Waals surface area contributed by atoms with Gasteiger partial charge in [-0.3, -0.25) is 0 Å². The van der Waals surface area contributed by atoms with Crippen LogP contribution in [0.3, 0.4) is 0 Å². The van der Waals surface area contributed by atoms with Crippen molar-refractivity contribution >= 4 is 23.3 Å². The topological polar surface area (TPSA) is 85.8 Å².